The molecule has 0 radical (unpaired) electrons. The fraction of sp³-hybridized carbons (Fsp3) is 0.435. The third-order valence-electron chi connectivity index (χ3n) is 6.36. The van der Waals surface area contributed by atoms with Crippen molar-refractivity contribution in [3.8, 4) is 0 Å². The average molecular weight is 469 g/mol. The van der Waals surface area contributed by atoms with Gasteiger partial charge in [0.1, 0.15) is 6.61 Å². The van der Waals surface area contributed by atoms with Crippen LogP contribution in [-0.2, 0) is 25.7 Å². The average Bonchev–Trinajstić information content (AvgIpc) is 3.42. The Morgan fingerprint density at radius 2 is 2.03 bits per heavy atom. The number of esters is 1. The van der Waals surface area contributed by atoms with Gasteiger partial charge >= 0.3 is 5.97 Å². The van der Waals surface area contributed by atoms with Crippen molar-refractivity contribution in [2.24, 2.45) is 0 Å². The summed E-state index contributed by atoms with van der Waals surface area (Å²) < 4.78 is 5.69. The van der Waals surface area contributed by atoms with Gasteiger partial charge in [-0.1, -0.05) is 12.1 Å². The van der Waals surface area contributed by atoms with Gasteiger partial charge in [0.05, 0.1) is 16.9 Å². The number of thiazole rings is 1. The van der Waals surface area contributed by atoms with E-state index in [1.54, 1.807) is 34.5 Å². The molecule has 2 fully saturated rings. The molecule has 0 spiro atoms. The molecule has 1 aromatic carbocycles. The maximum atomic E-state index is 13.6. The van der Waals surface area contributed by atoms with Crippen molar-refractivity contribution in [2.45, 2.75) is 57.8 Å². The second-order valence-electron chi connectivity index (χ2n) is 8.43. The number of fused-ring (bicyclic) bond motifs is 3. The molecule has 1 aromatic heterocycles. The van der Waals surface area contributed by atoms with Crippen LogP contribution in [0.25, 0.3) is 0 Å². The second kappa shape index (κ2) is 7.95. The number of nitrogens with zero attached hydrogens (tertiary/aromatic N) is 4. The van der Waals surface area contributed by atoms with Gasteiger partial charge in [0.25, 0.3) is 5.91 Å². The maximum absolute atomic E-state index is 13.6. The minimum atomic E-state index is -1.47. The number of hydrogen-bond donors (Lipinski definition) is 0. The first kappa shape index (κ1) is 21.6. The van der Waals surface area contributed by atoms with E-state index in [1.807, 2.05) is 6.92 Å². The summed E-state index contributed by atoms with van der Waals surface area (Å²) in [6.07, 6.45) is 1.93. The van der Waals surface area contributed by atoms with Crippen LogP contribution in [0.5, 0.6) is 0 Å². The Balaban J connectivity index is 1.45. The lowest BCUT2D eigenvalue weighted by Gasteiger charge is -2.48. The number of hydrogen-bond acceptors (Lipinski definition) is 7. The van der Waals surface area contributed by atoms with E-state index in [4.69, 9.17) is 4.74 Å². The first-order valence-corrected chi connectivity index (χ1v) is 11.9. The quantitative estimate of drug-likeness (QED) is 0.605. The van der Waals surface area contributed by atoms with E-state index in [2.05, 4.69) is 4.98 Å². The molecule has 1 saturated carbocycles. The molecule has 0 N–H and O–H groups in total. The number of amides is 3. The maximum Gasteiger partial charge on any atom is 0.354 e. The molecule has 33 heavy (non-hydrogen) atoms. The Bertz CT molecular complexity index is 1160. The molecular formula is C23H24N4O5S. The number of para-hydroxylation sites is 1. The van der Waals surface area contributed by atoms with Gasteiger partial charge in [-0.2, -0.15) is 0 Å². The molecule has 3 amide bonds. The number of anilines is 2. The van der Waals surface area contributed by atoms with Crippen molar-refractivity contribution >= 4 is 45.8 Å². The van der Waals surface area contributed by atoms with Crippen molar-refractivity contribution in [3.05, 3.63) is 40.9 Å². The van der Waals surface area contributed by atoms with Crippen LogP contribution >= 0.6 is 11.3 Å². The van der Waals surface area contributed by atoms with Crippen molar-refractivity contribution < 1.29 is 23.9 Å². The molecule has 2 aliphatic heterocycles. The highest BCUT2D eigenvalue weighted by atomic mass is 32.1. The summed E-state index contributed by atoms with van der Waals surface area (Å²) in [5.41, 5.74) is -0.0843. The van der Waals surface area contributed by atoms with E-state index in [0.29, 0.717) is 28.6 Å². The lowest BCUT2D eigenvalue weighted by molar-refractivity contribution is -0.159. The lowest BCUT2D eigenvalue weighted by Crippen LogP contribution is -2.69. The van der Waals surface area contributed by atoms with Crippen LogP contribution in [0.3, 0.4) is 0 Å². The van der Waals surface area contributed by atoms with E-state index in [1.165, 1.54) is 28.1 Å². The normalized spacial score (nSPS) is 21.6. The fourth-order valence-corrected chi connectivity index (χ4v) is 5.66. The summed E-state index contributed by atoms with van der Waals surface area (Å²) in [5.74, 6) is -1.19. The largest absolute Gasteiger partial charge is 0.456 e. The summed E-state index contributed by atoms with van der Waals surface area (Å²) in [6.45, 7) is 3.71. The molecule has 5 rings (SSSR count). The van der Waals surface area contributed by atoms with Crippen molar-refractivity contribution in [1.82, 2.24) is 9.88 Å². The minimum Gasteiger partial charge on any atom is -0.456 e. The van der Waals surface area contributed by atoms with Crippen LogP contribution in [-0.4, -0.2) is 51.8 Å². The van der Waals surface area contributed by atoms with Gasteiger partial charge < -0.3 is 9.64 Å². The van der Waals surface area contributed by atoms with Crippen LogP contribution in [0.1, 0.15) is 55.6 Å². The zero-order valence-corrected chi connectivity index (χ0v) is 19.3. The summed E-state index contributed by atoms with van der Waals surface area (Å²) in [4.78, 5) is 60.8. The van der Waals surface area contributed by atoms with E-state index >= 15 is 0 Å². The lowest BCUT2D eigenvalue weighted by atomic mass is 9.96. The molecule has 0 bridgehead atoms. The summed E-state index contributed by atoms with van der Waals surface area (Å²) >= 11 is 1.30. The van der Waals surface area contributed by atoms with Gasteiger partial charge in [-0.05, 0) is 31.9 Å². The molecule has 10 heteroatoms. The minimum absolute atomic E-state index is 0.0913. The molecule has 1 aliphatic carbocycles. The first-order chi connectivity index (χ1) is 15.9. The van der Waals surface area contributed by atoms with E-state index in [-0.39, 0.29) is 43.2 Å². The number of aromatic nitrogens is 1. The SMILES string of the molecule is CCN(C(C)=O)c1nc(COC(=O)C23CCC(=O)N2c2ccccc2C(=O)N3C2CC2)cs1. The van der Waals surface area contributed by atoms with E-state index < -0.39 is 11.6 Å². The first-order valence-electron chi connectivity index (χ1n) is 11.0. The van der Waals surface area contributed by atoms with Crippen LogP contribution in [0, 0.1) is 0 Å². The summed E-state index contributed by atoms with van der Waals surface area (Å²) in [7, 11) is 0. The second-order valence-corrected chi connectivity index (χ2v) is 9.27. The van der Waals surface area contributed by atoms with Gasteiger partial charge in [0.2, 0.25) is 17.5 Å². The van der Waals surface area contributed by atoms with Crippen LogP contribution in [0.4, 0.5) is 10.8 Å². The smallest absolute Gasteiger partial charge is 0.354 e. The van der Waals surface area contributed by atoms with Crippen molar-refractivity contribution in [1.29, 1.82) is 0 Å². The van der Waals surface area contributed by atoms with Crippen molar-refractivity contribution in [2.75, 3.05) is 16.3 Å². The van der Waals surface area contributed by atoms with Gasteiger partial charge in [-0.15, -0.1) is 11.3 Å². The van der Waals surface area contributed by atoms with Gasteiger partial charge in [0.15, 0.2) is 5.13 Å². The monoisotopic (exact) mass is 468 g/mol. The standard InChI is InChI=1S/C23H24N4O5S/c1-3-25(14(2)28)22-24-15(13-33-22)12-32-21(31)23-11-10-19(29)27(23)18-7-5-4-6-17(18)20(30)26(23)16-8-9-16/h4-7,13,16H,3,8-12H2,1-2H3. The van der Waals surface area contributed by atoms with Crippen LogP contribution in [0.2, 0.25) is 0 Å². The Kier molecular flexibility index (Phi) is 5.19. The van der Waals surface area contributed by atoms with Gasteiger partial charge in [-0.3, -0.25) is 24.2 Å². The highest BCUT2D eigenvalue weighted by molar-refractivity contribution is 7.14. The Hall–Kier alpha value is -3.27. The molecule has 1 unspecified atom stereocenters. The molecule has 9 nitrogen and oxygen atoms in total. The zero-order chi connectivity index (χ0) is 23.3. The van der Waals surface area contributed by atoms with E-state index in [9.17, 15) is 19.2 Å². The van der Waals surface area contributed by atoms with Crippen LogP contribution < -0.4 is 9.80 Å². The van der Waals surface area contributed by atoms with E-state index in [0.717, 1.165) is 12.8 Å². The highest BCUT2D eigenvalue weighted by Gasteiger charge is 2.64. The van der Waals surface area contributed by atoms with Crippen LogP contribution in [0.15, 0.2) is 29.6 Å². The molecular weight excluding hydrogens is 444 g/mol. The molecule has 1 atom stereocenters. The Morgan fingerprint density at radius 3 is 2.73 bits per heavy atom. The Labute approximate surface area is 194 Å². The fourth-order valence-electron chi connectivity index (χ4n) is 4.75. The number of carbonyl (C=O) groups is 4. The topological polar surface area (TPSA) is 100 Å². The molecule has 3 aliphatic rings. The highest BCUT2D eigenvalue weighted by Crippen LogP contribution is 2.49. The molecule has 172 valence electrons. The number of ether oxygens (including phenoxy) is 1. The van der Waals surface area contributed by atoms with Gasteiger partial charge in [-0.25, -0.2) is 9.78 Å². The number of carbonyl (C=O) groups excluding carboxylic acids is 4. The number of benzene rings is 1. The molecule has 1 saturated heterocycles. The van der Waals surface area contributed by atoms with Gasteiger partial charge in [0, 0.05) is 37.7 Å². The Morgan fingerprint density at radius 1 is 1.27 bits per heavy atom. The molecule has 3 heterocycles. The molecule has 2 aromatic rings. The predicted octanol–water partition coefficient (Wildman–Crippen LogP) is 2.70. The predicted molar refractivity (Wildman–Crippen MR) is 121 cm³/mol. The summed E-state index contributed by atoms with van der Waals surface area (Å²) in [6, 6.07) is 6.82. The summed E-state index contributed by atoms with van der Waals surface area (Å²) in [5, 5.41) is 2.27. The third-order valence-corrected chi connectivity index (χ3v) is 7.27. The zero-order valence-electron chi connectivity index (χ0n) is 18.4. The number of rotatable bonds is 6. The van der Waals surface area contributed by atoms with Crippen molar-refractivity contribution in [3.63, 3.8) is 0 Å². The third kappa shape index (κ3) is 3.31.